The summed E-state index contributed by atoms with van der Waals surface area (Å²) in [7, 11) is 0. The second kappa shape index (κ2) is 7.56. The lowest BCUT2D eigenvalue weighted by molar-refractivity contribution is -0.124. The molecule has 0 aliphatic carbocycles. The van der Waals surface area contributed by atoms with Crippen molar-refractivity contribution >= 4 is 22.6 Å². The molecule has 0 atom stereocenters. The van der Waals surface area contributed by atoms with Crippen LogP contribution >= 0.6 is 0 Å². The van der Waals surface area contributed by atoms with Crippen LogP contribution in [0.3, 0.4) is 0 Å². The summed E-state index contributed by atoms with van der Waals surface area (Å²) < 4.78 is 0. The van der Waals surface area contributed by atoms with Crippen LogP contribution in [-0.4, -0.2) is 65.0 Å². The van der Waals surface area contributed by atoms with Crippen molar-refractivity contribution in [1.82, 2.24) is 15.1 Å². The van der Waals surface area contributed by atoms with Gasteiger partial charge < -0.3 is 15.3 Å². The first-order valence-electron chi connectivity index (χ1n) is 9.28. The molecule has 2 amide bonds. The fraction of sp³-hybridized carbons (Fsp3) is 0.429. The summed E-state index contributed by atoms with van der Waals surface area (Å²) in [5.41, 5.74) is 0.0790. The Morgan fingerprint density at radius 3 is 2.37 bits per heavy atom. The van der Waals surface area contributed by atoms with Crippen molar-refractivity contribution in [2.45, 2.75) is 26.3 Å². The van der Waals surface area contributed by atoms with E-state index in [9.17, 15) is 14.7 Å². The van der Waals surface area contributed by atoms with Crippen LogP contribution in [0.1, 0.15) is 31.1 Å². The van der Waals surface area contributed by atoms with E-state index in [0.717, 1.165) is 5.39 Å². The molecule has 144 valence electrons. The van der Waals surface area contributed by atoms with Gasteiger partial charge in [0, 0.05) is 37.1 Å². The van der Waals surface area contributed by atoms with Crippen LogP contribution in [-0.2, 0) is 4.79 Å². The fourth-order valence-electron chi connectivity index (χ4n) is 3.37. The van der Waals surface area contributed by atoms with Crippen molar-refractivity contribution in [2.75, 3.05) is 32.7 Å². The molecule has 1 aliphatic rings. The minimum atomic E-state index is -0.248. The number of fused-ring (bicyclic) bond motifs is 1. The van der Waals surface area contributed by atoms with Gasteiger partial charge in [0.25, 0.3) is 5.91 Å². The van der Waals surface area contributed by atoms with Crippen molar-refractivity contribution < 1.29 is 14.7 Å². The molecular weight excluding hydrogens is 342 g/mol. The first kappa shape index (κ1) is 19.2. The molecule has 0 spiro atoms. The molecule has 2 aromatic rings. The molecule has 1 aliphatic heterocycles. The topological polar surface area (TPSA) is 72.9 Å². The Morgan fingerprint density at radius 1 is 1.04 bits per heavy atom. The highest BCUT2D eigenvalue weighted by atomic mass is 16.3. The van der Waals surface area contributed by atoms with Gasteiger partial charge in [-0.1, -0.05) is 30.3 Å². The lowest BCUT2D eigenvalue weighted by Gasteiger charge is -2.35. The molecular formula is C21H27N3O3. The van der Waals surface area contributed by atoms with E-state index in [4.69, 9.17) is 0 Å². The summed E-state index contributed by atoms with van der Waals surface area (Å²) in [4.78, 5) is 28.7. The number of nitrogens with zero attached hydrogens (tertiary/aromatic N) is 2. The molecule has 0 saturated carbocycles. The molecule has 1 saturated heterocycles. The van der Waals surface area contributed by atoms with Gasteiger partial charge in [-0.15, -0.1) is 0 Å². The maximum absolute atomic E-state index is 12.8. The third-order valence-corrected chi connectivity index (χ3v) is 4.67. The number of aromatic hydroxyl groups is 1. The molecule has 0 unspecified atom stereocenters. The van der Waals surface area contributed by atoms with Gasteiger partial charge in [-0.2, -0.15) is 0 Å². The average molecular weight is 369 g/mol. The average Bonchev–Trinajstić information content (AvgIpc) is 2.61. The van der Waals surface area contributed by atoms with E-state index < -0.39 is 0 Å². The monoisotopic (exact) mass is 369 g/mol. The number of benzene rings is 2. The van der Waals surface area contributed by atoms with Crippen molar-refractivity contribution in [3.63, 3.8) is 0 Å². The van der Waals surface area contributed by atoms with E-state index in [0.29, 0.717) is 43.7 Å². The lowest BCUT2D eigenvalue weighted by atomic mass is 10.0. The summed E-state index contributed by atoms with van der Waals surface area (Å²) >= 11 is 0. The third-order valence-electron chi connectivity index (χ3n) is 4.67. The number of hydrogen-bond acceptors (Lipinski definition) is 4. The molecule has 0 aromatic heterocycles. The molecule has 6 nitrogen and oxygen atoms in total. The zero-order valence-electron chi connectivity index (χ0n) is 16.2. The Kier molecular flexibility index (Phi) is 5.37. The van der Waals surface area contributed by atoms with Crippen LogP contribution in [0.25, 0.3) is 10.8 Å². The minimum absolute atomic E-state index is 0.00514. The van der Waals surface area contributed by atoms with E-state index in [2.05, 4.69) is 5.32 Å². The van der Waals surface area contributed by atoms with E-state index in [1.54, 1.807) is 11.0 Å². The molecule has 6 heteroatoms. The van der Waals surface area contributed by atoms with E-state index in [-0.39, 0.29) is 23.1 Å². The van der Waals surface area contributed by atoms with Gasteiger partial charge in [0.15, 0.2) is 0 Å². The summed E-state index contributed by atoms with van der Waals surface area (Å²) in [6, 6.07) is 11.0. The van der Waals surface area contributed by atoms with Crippen LogP contribution in [0.15, 0.2) is 36.4 Å². The van der Waals surface area contributed by atoms with Gasteiger partial charge >= 0.3 is 0 Å². The highest BCUT2D eigenvalue weighted by Crippen LogP contribution is 2.29. The maximum Gasteiger partial charge on any atom is 0.257 e. The Bertz CT molecular complexity index is 849. The predicted octanol–water partition coefficient (Wildman–Crippen LogP) is 2.22. The van der Waals surface area contributed by atoms with Crippen molar-refractivity contribution in [3.05, 3.63) is 42.0 Å². The number of piperazine rings is 1. The summed E-state index contributed by atoms with van der Waals surface area (Å²) in [5, 5.41) is 15.1. The molecule has 0 bridgehead atoms. The second-order valence-electron chi connectivity index (χ2n) is 8.05. The van der Waals surface area contributed by atoms with Crippen molar-refractivity contribution in [3.8, 4) is 5.75 Å². The van der Waals surface area contributed by atoms with Gasteiger partial charge in [0.2, 0.25) is 5.91 Å². The smallest absolute Gasteiger partial charge is 0.257 e. The zero-order valence-corrected chi connectivity index (χ0v) is 16.2. The number of amides is 2. The van der Waals surface area contributed by atoms with Crippen LogP contribution in [0.2, 0.25) is 0 Å². The second-order valence-corrected chi connectivity index (χ2v) is 8.05. The maximum atomic E-state index is 12.8. The predicted molar refractivity (Wildman–Crippen MR) is 106 cm³/mol. The largest absolute Gasteiger partial charge is 0.506 e. The summed E-state index contributed by atoms with van der Waals surface area (Å²) in [6.07, 6.45) is 0. The van der Waals surface area contributed by atoms with Crippen molar-refractivity contribution in [2.24, 2.45) is 0 Å². The summed E-state index contributed by atoms with van der Waals surface area (Å²) in [5.74, 6) is -0.142. The number of hydrogen-bond donors (Lipinski definition) is 2. The quantitative estimate of drug-likeness (QED) is 0.870. The van der Waals surface area contributed by atoms with E-state index in [1.165, 1.54) is 0 Å². The third kappa shape index (κ3) is 4.57. The Morgan fingerprint density at radius 2 is 1.70 bits per heavy atom. The van der Waals surface area contributed by atoms with Gasteiger partial charge in [0.1, 0.15) is 5.75 Å². The number of phenolic OH excluding ortho intramolecular Hbond substituents is 1. The lowest BCUT2D eigenvalue weighted by Crippen LogP contribution is -2.52. The number of phenols is 1. The molecule has 0 radical (unpaired) electrons. The number of rotatable bonds is 3. The molecule has 2 N–H and O–H groups in total. The van der Waals surface area contributed by atoms with Crippen LogP contribution in [0, 0.1) is 0 Å². The first-order chi connectivity index (χ1) is 12.7. The van der Waals surface area contributed by atoms with E-state index in [1.807, 2.05) is 56.0 Å². The normalized spacial score (nSPS) is 15.7. The van der Waals surface area contributed by atoms with Gasteiger partial charge in [-0.3, -0.25) is 14.5 Å². The molecule has 3 rings (SSSR count). The van der Waals surface area contributed by atoms with Gasteiger partial charge in [0.05, 0.1) is 12.1 Å². The zero-order chi connectivity index (χ0) is 19.6. The Labute approximate surface area is 159 Å². The van der Waals surface area contributed by atoms with Crippen molar-refractivity contribution in [1.29, 1.82) is 0 Å². The van der Waals surface area contributed by atoms with Crippen LogP contribution < -0.4 is 5.32 Å². The number of carbonyl (C=O) groups excluding carboxylic acids is 2. The first-order valence-corrected chi connectivity index (χ1v) is 9.28. The highest BCUT2D eigenvalue weighted by Gasteiger charge is 2.26. The highest BCUT2D eigenvalue weighted by molar-refractivity contribution is 6.03. The van der Waals surface area contributed by atoms with Gasteiger partial charge in [-0.05, 0) is 32.2 Å². The van der Waals surface area contributed by atoms with Crippen LogP contribution in [0.4, 0.5) is 0 Å². The molecule has 1 fully saturated rings. The molecule has 1 heterocycles. The standard InChI is InChI=1S/C21H27N3O3/c1-21(2,3)22-18(25)14-23-10-12-24(13-11-23)20(27)17-9-8-15-6-4-5-7-16(15)19(17)26/h4-9,26H,10-14H2,1-3H3,(H,22,25). The SMILES string of the molecule is CC(C)(C)NC(=O)CN1CCN(C(=O)c2ccc3ccccc3c2O)CC1. The van der Waals surface area contributed by atoms with E-state index >= 15 is 0 Å². The fourth-order valence-corrected chi connectivity index (χ4v) is 3.37. The molecule has 27 heavy (non-hydrogen) atoms. The van der Waals surface area contributed by atoms with Crippen LogP contribution in [0.5, 0.6) is 5.75 Å². The Hall–Kier alpha value is -2.60. The number of carbonyl (C=O) groups is 2. The minimum Gasteiger partial charge on any atom is -0.506 e. The Balaban J connectivity index is 1.62. The number of nitrogens with one attached hydrogen (secondary N) is 1. The molecule has 2 aromatic carbocycles. The van der Waals surface area contributed by atoms with Gasteiger partial charge in [-0.25, -0.2) is 0 Å². The summed E-state index contributed by atoms with van der Waals surface area (Å²) in [6.45, 7) is 8.55.